The van der Waals surface area contributed by atoms with E-state index in [1.165, 1.54) is 0 Å². The molecule has 1 radical (unpaired) electrons. The molecule has 0 saturated heterocycles. The van der Waals surface area contributed by atoms with E-state index in [1.54, 1.807) is 29.2 Å². The van der Waals surface area contributed by atoms with E-state index < -0.39 is 5.44 Å². The number of hydrogen-bond donors (Lipinski definition) is 1. The number of ether oxygens (including phenoxy) is 1. The monoisotopic (exact) mass is 252 g/mol. The molecule has 0 saturated carbocycles. The highest BCUT2D eigenvalue weighted by Crippen LogP contribution is 2.15. The summed E-state index contributed by atoms with van der Waals surface area (Å²) in [5, 5.41) is 0. The number of carbonyl (C=O) groups excluding carboxylic acids is 1. The molecule has 0 heterocycles. The van der Waals surface area contributed by atoms with Crippen LogP contribution in [0.4, 0.5) is 0 Å². The molecule has 0 bridgehead atoms. The van der Waals surface area contributed by atoms with Gasteiger partial charge in [-0.15, -0.1) is 12.6 Å². The second-order valence-corrected chi connectivity index (χ2v) is 4.15. The van der Waals surface area contributed by atoms with Crippen molar-refractivity contribution in [1.29, 1.82) is 0 Å². The molecule has 1 aromatic carbocycles. The molecule has 0 N–H and O–H groups in total. The number of benzene rings is 1. The van der Waals surface area contributed by atoms with Crippen LogP contribution in [0.5, 0.6) is 5.75 Å². The second kappa shape index (κ2) is 7.22. The van der Waals surface area contributed by atoms with E-state index in [1.807, 2.05) is 13.8 Å². The average Bonchev–Trinajstić information content (AvgIpc) is 2.31. The van der Waals surface area contributed by atoms with Crippen molar-refractivity contribution < 1.29 is 9.53 Å². The van der Waals surface area contributed by atoms with Gasteiger partial charge in [0.2, 0.25) is 5.91 Å². The predicted molar refractivity (Wildman–Crippen MR) is 71.2 cm³/mol. The summed E-state index contributed by atoms with van der Waals surface area (Å²) in [6.45, 7) is 5.36. The van der Waals surface area contributed by atoms with Crippen LogP contribution in [0.2, 0.25) is 0 Å². The lowest BCUT2D eigenvalue weighted by atomic mass is 10.3. The summed E-state index contributed by atoms with van der Waals surface area (Å²) in [6, 6.07) is 10.0. The average molecular weight is 252 g/mol. The summed E-state index contributed by atoms with van der Waals surface area (Å²) < 4.78 is 5.52. The van der Waals surface area contributed by atoms with Gasteiger partial charge in [0.25, 0.3) is 0 Å². The molecule has 0 aliphatic carbocycles. The van der Waals surface area contributed by atoms with E-state index >= 15 is 0 Å². The van der Waals surface area contributed by atoms with Gasteiger partial charge in [-0.2, -0.15) is 0 Å². The molecule has 0 aliphatic rings. The number of amides is 1. The number of hydrogen-bond acceptors (Lipinski definition) is 3. The minimum absolute atomic E-state index is 0.0671. The minimum Gasteiger partial charge on any atom is -0.480 e. The van der Waals surface area contributed by atoms with Gasteiger partial charge in [0.15, 0.2) is 5.44 Å². The maximum Gasteiger partial charge on any atom is 0.227 e. The maximum absolute atomic E-state index is 11.8. The molecular formula is C13H18NO2S. The van der Waals surface area contributed by atoms with Crippen molar-refractivity contribution >= 4 is 18.5 Å². The Morgan fingerprint density at radius 3 is 2.53 bits per heavy atom. The molecule has 0 aromatic heterocycles. The highest BCUT2D eigenvalue weighted by Gasteiger charge is 2.15. The van der Waals surface area contributed by atoms with Gasteiger partial charge in [-0.1, -0.05) is 12.1 Å². The summed E-state index contributed by atoms with van der Waals surface area (Å²) in [7, 11) is 0. The van der Waals surface area contributed by atoms with Gasteiger partial charge in [0.1, 0.15) is 5.75 Å². The fourth-order valence-electron chi connectivity index (χ4n) is 1.50. The molecule has 1 unspecified atom stereocenters. The second-order valence-electron chi connectivity index (χ2n) is 3.58. The van der Waals surface area contributed by atoms with Gasteiger partial charge in [-0.25, -0.2) is 0 Å². The van der Waals surface area contributed by atoms with E-state index in [-0.39, 0.29) is 12.3 Å². The zero-order valence-electron chi connectivity index (χ0n) is 10.2. The Bertz CT molecular complexity index is 339. The van der Waals surface area contributed by atoms with Crippen molar-refractivity contribution in [2.24, 2.45) is 0 Å². The fraction of sp³-hybridized carbons (Fsp3) is 0.462. The van der Waals surface area contributed by atoms with Crippen molar-refractivity contribution in [2.75, 3.05) is 13.1 Å². The van der Waals surface area contributed by atoms with Crippen LogP contribution in [0.3, 0.4) is 0 Å². The first kappa shape index (κ1) is 13.9. The molecule has 1 amide bonds. The summed E-state index contributed by atoms with van der Waals surface area (Å²) >= 11 is 4.27. The van der Waals surface area contributed by atoms with Gasteiger partial charge >= 0.3 is 0 Å². The quantitative estimate of drug-likeness (QED) is 0.622. The largest absolute Gasteiger partial charge is 0.480 e. The lowest BCUT2D eigenvalue weighted by Gasteiger charge is -2.21. The molecule has 0 fully saturated rings. The van der Waals surface area contributed by atoms with Gasteiger partial charge in [-0.05, 0) is 32.0 Å². The molecule has 17 heavy (non-hydrogen) atoms. The highest BCUT2D eigenvalue weighted by molar-refractivity contribution is 7.80. The maximum atomic E-state index is 11.8. The van der Waals surface area contributed by atoms with Crippen LogP contribution in [0, 0.1) is 6.07 Å². The summed E-state index contributed by atoms with van der Waals surface area (Å²) in [5.74, 6) is 0.772. The van der Waals surface area contributed by atoms with Crippen molar-refractivity contribution in [1.82, 2.24) is 4.90 Å². The van der Waals surface area contributed by atoms with Crippen LogP contribution >= 0.6 is 12.6 Å². The topological polar surface area (TPSA) is 29.5 Å². The normalized spacial score (nSPS) is 11.9. The van der Waals surface area contributed by atoms with Crippen LogP contribution in [-0.4, -0.2) is 29.3 Å². The summed E-state index contributed by atoms with van der Waals surface area (Å²) in [4.78, 5) is 13.6. The fourth-order valence-corrected chi connectivity index (χ4v) is 1.78. The SMILES string of the molecule is CCN(CC)C(=O)CC(S)Oc1cc[c]cc1. The van der Waals surface area contributed by atoms with Crippen LogP contribution in [0.15, 0.2) is 24.3 Å². The Balaban J connectivity index is 2.44. The number of carbonyl (C=O) groups is 1. The van der Waals surface area contributed by atoms with Crippen LogP contribution < -0.4 is 4.74 Å². The highest BCUT2D eigenvalue weighted by atomic mass is 32.1. The Kier molecular flexibility index (Phi) is 5.91. The van der Waals surface area contributed by atoms with Crippen LogP contribution in [0.1, 0.15) is 20.3 Å². The van der Waals surface area contributed by atoms with E-state index in [2.05, 4.69) is 18.7 Å². The van der Waals surface area contributed by atoms with Crippen molar-refractivity contribution in [3.05, 3.63) is 30.3 Å². The van der Waals surface area contributed by atoms with Gasteiger partial charge < -0.3 is 9.64 Å². The van der Waals surface area contributed by atoms with Crippen LogP contribution in [0.25, 0.3) is 0 Å². The van der Waals surface area contributed by atoms with E-state index in [0.717, 1.165) is 13.1 Å². The lowest BCUT2D eigenvalue weighted by Crippen LogP contribution is -2.33. The Morgan fingerprint density at radius 2 is 2.00 bits per heavy atom. The molecule has 0 aliphatic heterocycles. The number of rotatable bonds is 6. The molecule has 1 aromatic rings. The Labute approximate surface area is 108 Å². The number of thiol groups is 1. The number of nitrogens with zero attached hydrogens (tertiary/aromatic N) is 1. The molecule has 4 heteroatoms. The third-order valence-corrected chi connectivity index (χ3v) is 2.71. The zero-order valence-corrected chi connectivity index (χ0v) is 11.1. The summed E-state index contributed by atoms with van der Waals surface area (Å²) in [6.07, 6.45) is 0.281. The smallest absolute Gasteiger partial charge is 0.227 e. The Hall–Kier alpha value is -1.16. The third-order valence-electron chi connectivity index (χ3n) is 2.43. The molecule has 3 nitrogen and oxygen atoms in total. The summed E-state index contributed by atoms with van der Waals surface area (Å²) in [5.41, 5.74) is -0.412. The van der Waals surface area contributed by atoms with Crippen molar-refractivity contribution in [2.45, 2.75) is 25.7 Å². The first-order chi connectivity index (χ1) is 8.17. The molecule has 0 spiro atoms. The van der Waals surface area contributed by atoms with E-state index in [9.17, 15) is 4.79 Å². The van der Waals surface area contributed by atoms with E-state index in [0.29, 0.717) is 5.75 Å². The minimum atomic E-state index is -0.412. The standard InChI is InChI=1S/C13H18NO2S/c1-3-14(4-2)12(15)10-13(17)16-11-8-6-5-7-9-11/h6-9,13,17H,3-4,10H2,1-2H3. The van der Waals surface area contributed by atoms with Crippen molar-refractivity contribution in [3.8, 4) is 5.75 Å². The van der Waals surface area contributed by atoms with Gasteiger partial charge in [0, 0.05) is 13.1 Å². The first-order valence-corrected chi connectivity index (χ1v) is 6.27. The van der Waals surface area contributed by atoms with E-state index in [4.69, 9.17) is 4.74 Å². The zero-order chi connectivity index (χ0) is 12.7. The van der Waals surface area contributed by atoms with Gasteiger partial charge in [0.05, 0.1) is 6.42 Å². The lowest BCUT2D eigenvalue weighted by molar-refractivity contribution is -0.131. The van der Waals surface area contributed by atoms with Crippen molar-refractivity contribution in [3.63, 3.8) is 0 Å². The molecular weight excluding hydrogens is 234 g/mol. The van der Waals surface area contributed by atoms with Gasteiger partial charge in [-0.3, -0.25) is 4.79 Å². The first-order valence-electron chi connectivity index (χ1n) is 5.76. The molecule has 93 valence electrons. The van der Waals surface area contributed by atoms with Crippen LogP contribution in [-0.2, 0) is 4.79 Å². The molecule has 1 rings (SSSR count). The predicted octanol–water partition coefficient (Wildman–Crippen LogP) is 2.38. The third kappa shape index (κ3) is 4.69. The Morgan fingerprint density at radius 1 is 1.41 bits per heavy atom. The molecule has 1 atom stereocenters.